The van der Waals surface area contributed by atoms with E-state index < -0.39 is 5.54 Å². The largest absolute Gasteiger partial charge is 0.368 e. The van der Waals surface area contributed by atoms with Crippen molar-refractivity contribution in [1.82, 2.24) is 5.32 Å². The van der Waals surface area contributed by atoms with Crippen LogP contribution in [0.25, 0.3) is 0 Å². The van der Waals surface area contributed by atoms with Gasteiger partial charge in [-0.1, -0.05) is 36.2 Å². The molecule has 4 heteroatoms. The second kappa shape index (κ2) is 6.84. The van der Waals surface area contributed by atoms with Crippen LogP contribution in [0.4, 0.5) is 0 Å². The zero-order valence-electron chi connectivity index (χ0n) is 13.2. The van der Waals surface area contributed by atoms with Gasteiger partial charge in [-0.25, -0.2) is 0 Å². The molecule has 21 heavy (non-hydrogen) atoms. The lowest BCUT2D eigenvalue weighted by Crippen LogP contribution is -2.59. The molecule has 1 amide bonds. The van der Waals surface area contributed by atoms with Gasteiger partial charge in [-0.2, -0.15) is 11.8 Å². The average molecular weight is 306 g/mol. The number of likely N-dealkylation sites (N-methyl/N-ethyl adjacent to an activating group) is 1. The molecule has 1 atom stereocenters. The number of hydrogen-bond acceptors (Lipinski definition) is 3. The molecule has 0 saturated heterocycles. The first kappa shape index (κ1) is 16.4. The molecule has 116 valence electrons. The van der Waals surface area contributed by atoms with Crippen LogP contribution in [-0.4, -0.2) is 23.7 Å². The molecule has 0 bridgehead atoms. The van der Waals surface area contributed by atoms with E-state index in [1.54, 1.807) is 11.8 Å². The quantitative estimate of drug-likeness (QED) is 0.776. The van der Waals surface area contributed by atoms with Crippen LogP contribution in [0.2, 0.25) is 0 Å². The minimum atomic E-state index is -0.516. The van der Waals surface area contributed by atoms with Gasteiger partial charge in [0.25, 0.3) is 0 Å². The molecule has 1 aromatic rings. The van der Waals surface area contributed by atoms with Crippen molar-refractivity contribution in [2.24, 2.45) is 11.7 Å². The molecule has 3 nitrogen and oxygen atoms in total. The van der Waals surface area contributed by atoms with Crippen molar-refractivity contribution in [3.8, 4) is 0 Å². The second-order valence-corrected chi connectivity index (χ2v) is 7.11. The molecular weight excluding hydrogens is 280 g/mol. The Kier molecular flexibility index (Phi) is 5.33. The highest BCUT2D eigenvalue weighted by Crippen LogP contribution is 2.41. The lowest BCUT2D eigenvalue weighted by Gasteiger charge is -2.31. The average Bonchev–Trinajstić information content (AvgIpc) is 3.20. The van der Waals surface area contributed by atoms with E-state index in [0.717, 1.165) is 30.9 Å². The Labute approximate surface area is 132 Å². The Morgan fingerprint density at radius 2 is 1.95 bits per heavy atom. The monoisotopic (exact) mass is 306 g/mol. The van der Waals surface area contributed by atoms with Crippen LogP contribution in [0.3, 0.4) is 0 Å². The van der Waals surface area contributed by atoms with E-state index in [9.17, 15) is 4.79 Å². The summed E-state index contributed by atoms with van der Waals surface area (Å²) in [6.07, 6.45) is 2.22. The number of benzene rings is 1. The summed E-state index contributed by atoms with van der Waals surface area (Å²) in [6.45, 7) is 7.06. The molecule has 0 aliphatic heterocycles. The third-order valence-corrected chi connectivity index (χ3v) is 5.28. The summed E-state index contributed by atoms with van der Waals surface area (Å²) in [5.41, 5.74) is 9.10. The van der Waals surface area contributed by atoms with Crippen LogP contribution < -0.4 is 11.1 Å². The van der Waals surface area contributed by atoms with E-state index in [1.165, 1.54) is 16.7 Å². The summed E-state index contributed by atoms with van der Waals surface area (Å²) in [5.74, 6) is 1.91. The van der Waals surface area contributed by atoms with Gasteiger partial charge >= 0.3 is 0 Å². The first-order valence-electron chi connectivity index (χ1n) is 7.68. The molecule has 1 saturated carbocycles. The fourth-order valence-electron chi connectivity index (χ4n) is 3.05. The summed E-state index contributed by atoms with van der Waals surface area (Å²) in [4.78, 5) is 12.0. The van der Waals surface area contributed by atoms with Crippen LogP contribution in [0.5, 0.6) is 0 Å². The molecule has 0 spiro atoms. The summed E-state index contributed by atoms with van der Waals surface area (Å²) < 4.78 is 0. The van der Waals surface area contributed by atoms with Crippen molar-refractivity contribution in [2.45, 2.75) is 44.9 Å². The zero-order chi connectivity index (χ0) is 15.5. The van der Waals surface area contributed by atoms with Crippen molar-refractivity contribution in [2.75, 3.05) is 12.3 Å². The number of primary amides is 1. The lowest BCUT2D eigenvalue weighted by molar-refractivity contribution is -0.124. The van der Waals surface area contributed by atoms with E-state index in [2.05, 4.69) is 37.4 Å². The number of aryl methyl sites for hydroxylation is 2. The normalized spacial score (nSPS) is 17.5. The van der Waals surface area contributed by atoms with Gasteiger partial charge < -0.3 is 11.1 Å². The van der Waals surface area contributed by atoms with Gasteiger partial charge in [-0.3, -0.25) is 4.79 Å². The molecule has 1 aromatic carbocycles. The molecule has 1 fully saturated rings. The van der Waals surface area contributed by atoms with Gasteiger partial charge in [0.15, 0.2) is 0 Å². The molecule has 2 rings (SSSR count). The Morgan fingerprint density at radius 1 is 1.33 bits per heavy atom. The van der Waals surface area contributed by atoms with Gasteiger partial charge in [0.2, 0.25) is 5.91 Å². The maximum atomic E-state index is 12.0. The molecular formula is C17H26N2OS. The molecule has 1 unspecified atom stereocenters. The zero-order valence-corrected chi connectivity index (χ0v) is 14.1. The highest BCUT2D eigenvalue weighted by Gasteiger charge is 2.49. The SMILES string of the molecule is CCNC(CSCc1cc(C)cc(C)c1)(C(N)=O)C1CC1. The molecule has 0 radical (unpaired) electrons. The minimum absolute atomic E-state index is 0.195. The minimum Gasteiger partial charge on any atom is -0.368 e. The van der Waals surface area contributed by atoms with Gasteiger partial charge in [0.05, 0.1) is 0 Å². The molecule has 1 aliphatic carbocycles. The van der Waals surface area contributed by atoms with Crippen LogP contribution >= 0.6 is 11.8 Å². The summed E-state index contributed by atoms with van der Waals surface area (Å²) in [7, 11) is 0. The van der Waals surface area contributed by atoms with Gasteiger partial charge in [-0.05, 0) is 44.7 Å². The molecule has 0 aromatic heterocycles. The van der Waals surface area contributed by atoms with Crippen molar-refractivity contribution in [3.05, 3.63) is 34.9 Å². The van der Waals surface area contributed by atoms with E-state index in [4.69, 9.17) is 5.73 Å². The number of amides is 1. The molecule has 0 heterocycles. The van der Waals surface area contributed by atoms with Crippen LogP contribution in [0, 0.1) is 19.8 Å². The fourth-order valence-corrected chi connectivity index (χ4v) is 4.35. The number of rotatable bonds is 8. The Morgan fingerprint density at radius 3 is 2.43 bits per heavy atom. The summed E-state index contributed by atoms with van der Waals surface area (Å²) >= 11 is 1.80. The number of nitrogens with one attached hydrogen (secondary N) is 1. The summed E-state index contributed by atoms with van der Waals surface area (Å²) in [5, 5.41) is 3.37. The standard InChI is InChI=1S/C17H26N2OS/c1-4-19-17(16(18)20,15-5-6-15)11-21-10-14-8-12(2)7-13(3)9-14/h7-9,15,19H,4-6,10-11H2,1-3H3,(H2,18,20). The van der Waals surface area contributed by atoms with Crippen molar-refractivity contribution >= 4 is 17.7 Å². The van der Waals surface area contributed by atoms with E-state index in [-0.39, 0.29) is 5.91 Å². The van der Waals surface area contributed by atoms with Crippen LogP contribution in [0.1, 0.15) is 36.5 Å². The predicted molar refractivity (Wildman–Crippen MR) is 90.4 cm³/mol. The highest BCUT2D eigenvalue weighted by molar-refractivity contribution is 7.98. The van der Waals surface area contributed by atoms with Crippen LogP contribution in [0.15, 0.2) is 18.2 Å². The Hall–Kier alpha value is -1.00. The fraction of sp³-hybridized carbons (Fsp3) is 0.588. The third-order valence-electron chi connectivity index (χ3n) is 4.09. The van der Waals surface area contributed by atoms with Crippen LogP contribution in [-0.2, 0) is 10.5 Å². The Balaban J connectivity index is 2.00. The number of carbonyl (C=O) groups is 1. The van der Waals surface area contributed by atoms with Gasteiger partial charge in [0, 0.05) is 11.5 Å². The lowest BCUT2D eigenvalue weighted by atomic mass is 9.94. The van der Waals surface area contributed by atoms with Gasteiger partial charge in [0.1, 0.15) is 5.54 Å². The molecule has 3 N–H and O–H groups in total. The maximum Gasteiger partial charge on any atom is 0.238 e. The summed E-state index contributed by atoms with van der Waals surface area (Å²) in [6, 6.07) is 6.62. The van der Waals surface area contributed by atoms with Crippen molar-refractivity contribution in [1.29, 1.82) is 0 Å². The third kappa shape index (κ3) is 4.01. The van der Waals surface area contributed by atoms with E-state index >= 15 is 0 Å². The second-order valence-electron chi connectivity index (χ2n) is 6.13. The number of carbonyl (C=O) groups excluding carboxylic acids is 1. The van der Waals surface area contributed by atoms with E-state index in [0.29, 0.717) is 5.92 Å². The van der Waals surface area contributed by atoms with Crippen molar-refractivity contribution < 1.29 is 4.79 Å². The number of hydrogen-bond donors (Lipinski definition) is 2. The maximum absolute atomic E-state index is 12.0. The van der Waals surface area contributed by atoms with E-state index in [1.807, 2.05) is 6.92 Å². The smallest absolute Gasteiger partial charge is 0.238 e. The number of nitrogens with two attached hydrogens (primary N) is 1. The Bertz CT molecular complexity index is 493. The van der Waals surface area contributed by atoms with Crippen molar-refractivity contribution in [3.63, 3.8) is 0 Å². The predicted octanol–water partition coefficient (Wildman–Crippen LogP) is 2.78. The topological polar surface area (TPSA) is 55.1 Å². The molecule has 1 aliphatic rings. The first-order valence-corrected chi connectivity index (χ1v) is 8.83. The van der Waals surface area contributed by atoms with Gasteiger partial charge in [-0.15, -0.1) is 0 Å². The number of thioether (sulfide) groups is 1. The first-order chi connectivity index (χ1) is 9.98. The highest BCUT2D eigenvalue weighted by atomic mass is 32.2.